The molecule has 23 heavy (non-hydrogen) atoms. The van der Waals surface area contributed by atoms with Gasteiger partial charge in [-0.15, -0.1) is 0 Å². The van der Waals surface area contributed by atoms with E-state index in [2.05, 4.69) is 6.92 Å². The fourth-order valence-corrected chi connectivity index (χ4v) is 3.07. The number of ether oxygens (including phenoxy) is 1. The maximum atomic E-state index is 12.0. The predicted molar refractivity (Wildman–Crippen MR) is 91.3 cm³/mol. The Balaban J connectivity index is 2.88. The Kier molecular flexibility index (Phi) is 4.46. The third kappa shape index (κ3) is 2.48. The Hall–Kier alpha value is -2.36. The van der Waals surface area contributed by atoms with E-state index in [1.165, 1.54) is 12.7 Å². The maximum Gasteiger partial charge on any atom is 0.339 e. The number of benzene rings is 1. The third-order valence-corrected chi connectivity index (χ3v) is 5.05. The Bertz CT molecular complexity index is 813. The molecule has 0 saturated carbocycles. The molecule has 0 bridgehead atoms. The summed E-state index contributed by atoms with van der Waals surface area (Å²) in [7, 11) is 3.27. The minimum Gasteiger partial charge on any atom is -0.465 e. The van der Waals surface area contributed by atoms with Crippen LogP contribution in [-0.4, -0.2) is 23.9 Å². The number of methoxy groups -OCH3 is 1. The molecule has 0 fully saturated rings. The highest BCUT2D eigenvalue weighted by molar-refractivity contribution is 5.96. The fraction of sp³-hybridized carbons (Fsp3) is 0.368. The Morgan fingerprint density at radius 2 is 1.61 bits per heavy atom. The molecule has 0 spiro atoms. The largest absolute Gasteiger partial charge is 0.465 e. The van der Waals surface area contributed by atoms with Crippen LogP contribution >= 0.6 is 0 Å². The first-order chi connectivity index (χ1) is 10.8. The molecule has 0 N–H and O–H groups in total. The average Bonchev–Trinajstić information content (AvgIpc) is 2.83. The molecule has 0 aliphatic heterocycles. The first kappa shape index (κ1) is 17.0. The second-order valence-corrected chi connectivity index (χ2v) is 5.99. The highest BCUT2D eigenvalue weighted by Crippen LogP contribution is 2.35. The lowest BCUT2D eigenvalue weighted by Crippen LogP contribution is -2.05. The van der Waals surface area contributed by atoms with Gasteiger partial charge in [-0.2, -0.15) is 0 Å². The van der Waals surface area contributed by atoms with Crippen molar-refractivity contribution in [2.45, 2.75) is 34.6 Å². The first-order valence-electron chi connectivity index (χ1n) is 7.56. The molecule has 1 heterocycles. The lowest BCUT2D eigenvalue weighted by atomic mass is 9.88. The predicted octanol–water partition coefficient (Wildman–Crippen LogP) is 3.83. The van der Waals surface area contributed by atoms with E-state index in [0.29, 0.717) is 11.1 Å². The molecule has 1 aromatic heterocycles. The van der Waals surface area contributed by atoms with Crippen LogP contribution in [0.2, 0.25) is 0 Å². The molecule has 2 aromatic rings. The van der Waals surface area contributed by atoms with Crippen molar-refractivity contribution in [1.82, 2.24) is 4.57 Å². The van der Waals surface area contributed by atoms with E-state index in [-0.39, 0.29) is 5.97 Å². The van der Waals surface area contributed by atoms with Gasteiger partial charge in [-0.1, -0.05) is 0 Å². The van der Waals surface area contributed by atoms with Crippen molar-refractivity contribution in [1.29, 1.82) is 0 Å². The van der Waals surface area contributed by atoms with Crippen LogP contribution in [0.3, 0.4) is 0 Å². The van der Waals surface area contributed by atoms with Gasteiger partial charge in [0, 0.05) is 29.6 Å². The molecule has 0 atom stereocenters. The number of rotatable bonds is 3. The van der Waals surface area contributed by atoms with Gasteiger partial charge in [-0.25, -0.2) is 4.79 Å². The van der Waals surface area contributed by atoms with E-state index < -0.39 is 0 Å². The van der Waals surface area contributed by atoms with Crippen LogP contribution in [0.15, 0.2) is 6.07 Å². The number of nitrogens with zero attached hydrogens (tertiary/aromatic N) is 1. The van der Waals surface area contributed by atoms with Crippen LogP contribution in [0.1, 0.15) is 48.7 Å². The van der Waals surface area contributed by atoms with Gasteiger partial charge < -0.3 is 9.30 Å². The van der Waals surface area contributed by atoms with Crippen molar-refractivity contribution in [3.63, 3.8) is 0 Å². The molecule has 0 amide bonds. The zero-order valence-electron chi connectivity index (χ0n) is 14.8. The minimum atomic E-state index is -0.366. The molecular formula is C19H23NO3. The minimum absolute atomic E-state index is 0.366. The summed E-state index contributed by atoms with van der Waals surface area (Å²) in [5, 5.41) is 0. The van der Waals surface area contributed by atoms with Crippen molar-refractivity contribution in [3.8, 4) is 11.3 Å². The summed E-state index contributed by atoms with van der Waals surface area (Å²) in [5.41, 5.74) is 8.12. The normalized spacial score (nSPS) is 10.7. The first-order valence-corrected chi connectivity index (χ1v) is 7.56. The Morgan fingerprint density at radius 1 is 1.04 bits per heavy atom. The molecule has 0 radical (unpaired) electrons. The van der Waals surface area contributed by atoms with Gasteiger partial charge in [0.1, 0.15) is 0 Å². The quantitative estimate of drug-likeness (QED) is 0.639. The molecule has 0 aliphatic rings. The van der Waals surface area contributed by atoms with Gasteiger partial charge in [-0.3, -0.25) is 4.79 Å². The van der Waals surface area contributed by atoms with Crippen molar-refractivity contribution < 1.29 is 14.3 Å². The Labute approximate surface area is 137 Å². The number of hydrogen-bond donors (Lipinski definition) is 0. The number of esters is 1. The lowest BCUT2D eigenvalue weighted by Gasteiger charge is -2.18. The molecular weight excluding hydrogens is 290 g/mol. The Morgan fingerprint density at radius 3 is 2.13 bits per heavy atom. The molecule has 0 unspecified atom stereocenters. The van der Waals surface area contributed by atoms with Crippen molar-refractivity contribution >= 4 is 12.3 Å². The number of aldehydes is 1. The summed E-state index contributed by atoms with van der Waals surface area (Å²) in [6.45, 7) is 9.95. The molecule has 0 aliphatic carbocycles. The third-order valence-electron chi connectivity index (χ3n) is 5.05. The molecule has 0 saturated heterocycles. The maximum absolute atomic E-state index is 12.0. The highest BCUT2D eigenvalue weighted by Gasteiger charge is 2.22. The summed E-state index contributed by atoms with van der Waals surface area (Å²) in [6.07, 6.45) is 0.907. The van der Waals surface area contributed by atoms with Gasteiger partial charge in [-0.05, 0) is 62.9 Å². The van der Waals surface area contributed by atoms with E-state index in [9.17, 15) is 9.59 Å². The average molecular weight is 313 g/mol. The van der Waals surface area contributed by atoms with Crippen LogP contribution in [0.4, 0.5) is 0 Å². The molecule has 122 valence electrons. The highest BCUT2D eigenvalue weighted by atomic mass is 16.5. The number of hydrogen-bond acceptors (Lipinski definition) is 3. The van der Waals surface area contributed by atoms with E-state index in [0.717, 1.165) is 39.9 Å². The van der Waals surface area contributed by atoms with E-state index >= 15 is 0 Å². The monoisotopic (exact) mass is 313 g/mol. The van der Waals surface area contributed by atoms with E-state index in [4.69, 9.17) is 4.74 Å². The smallest absolute Gasteiger partial charge is 0.339 e. The van der Waals surface area contributed by atoms with Crippen LogP contribution in [0.5, 0.6) is 0 Å². The van der Waals surface area contributed by atoms with Crippen molar-refractivity contribution in [2.24, 2.45) is 7.05 Å². The van der Waals surface area contributed by atoms with Gasteiger partial charge in [0.15, 0.2) is 6.29 Å². The molecule has 1 aromatic carbocycles. The van der Waals surface area contributed by atoms with E-state index in [1.807, 2.05) is 45.4 Å². The lowest BCUT2D eigenvalue weighted by molar-refractivity contribution is 0.0599. The number of carbonyl (C=O) groups excluding carboxylic acids is 2. The summed E-state index contributed by atoms with van der Waals surface area (Å²) in [4.78, 5) is 23.7. The van der Waals surface area contributed by atoms with Gasteiger partial charge in [0.2, 0.25) is 0 Å². The van der Waals surface area contributed by atoms with Crippen LogP contribution in [0, 0.1) is 34.6 Å². The second-order valence-electron chi connectivity index (χ2n) is 5.99. The van der Waals surface area contributed by atoms with Crippen LogP contribution in [-0.2, 0) is 11.8 Å². The second kappa shape index (κ2) is 6.03. The fourth-order valence-electron chi connectivity index (χ4n) is 3.07. The van der Waals surface area contributed by atoms with Gasteiger partial charge in [0.05, 0.1) is 12.7 Å². The number of carbonyl (C=O) groups is 2. The number of aromatic nitrogens is 1. The van der Waals surface area contributed by atoms with Gasteiger partial charge >= 0.3 is 5.97 Å². The van der Waals surface area contributed by atoms with E-state index in [1.54, 1.807) is 0 Å². The molecule has 4 nitrogen and oxygen atoms in total. The summed E-state index contributed by atoms with van der Waals surface area (Å²) in [5.74, 6) is -0.366. The van der Waals surface area contributed by atoms with Crippen LogP contribution in [0.25, 0.3) is 11.3 Å². The summed E-state index contributed by atoms with van der Waals surface area (Å²) in [6, 6.07) is 1.81. The summed E-state index contributed by atoms with van der Waals surface area (Å²) >= 11 is 0. The molecule has 2 rings (SSSR count). The SMILES string of the molecule is COC(=O)c1cc(-c2c(C)c(C)c(C)c(C)c2C=O)n(C)c1C. The van der Waals surface area contributed by atoms with Crippen LogP contribution < -0.4 is 0 Å². The van der Waals surface area contributed by atoms with Crippen molar-refractivity contribution in [3.05, 3.63) is 45.1 Å². The topological polar surface area (TPSA) is 48.3 Å². The zero-order valence-corrected chi connectivity index (χ0v) is 14.8. The molecule has 4 heteroatoms. The zero-order chi connectivity index (χ0) is 17.5. The van der Waals surface area contributed by atoms with Gasteiger partial charge in [0.25, 0.3) is 0 Å². The standard InChI is InChI=1S/C19H23NO3/c1-10-11(2)13(4)18(16(9-21)12(10)3)17-8-15(19(22)23-7)14(5)20(17)6/h8-9H,1-7H3. The summed E-state index contributed by atoms with van der Waals surface area (Å²) < 4.78 is 6.79. The van der Waals surface area contributed by atoms with Crippen molar-refractivity contribution in [2.75, 3.05) is 7.11 Å².